The van der Waals surface area contributed by atoms with Crippen LogP contribution >= 0.6 is 0 Å². The van der Waals surface area contributed by atoms with Crippen molar-refractivity contribution in [2.45, 2.75) is 25.1 Å². The molecule has 20 heavy (non-hydrogen) atoms. The highest BCUT2D eigenvalue weighted by molar-refractivity contribution is 7.89. The Hall–Kier alpha value is -1.64. The molecule has 0 aliphatic carbocycles. The van der Waals surface area contributed by atoms with Crippen LogP contribution in [0.25, 0.3) is 0 Å². The Kier molecular flexibility index (Phi) is 4.26. The van der Waals surface area contributed by atoms with Gasteiger partial charge >= 0.3 is 0 Å². The van der Waals surface area contributed by atoms with Crippen LogP contribution in [0.3, 0.4) is 0 Å². The fourth-order valence-electron chi connectivity index (χ4n) is 1.74. The van der Waals surface area contributed by atoms with Crippen LogP contribution in [0.2, 0.25) is 0 Å². The summed E-state index contributed by atoms with van der Waals surface area (Å²) < 4.78 is 32.3. The van der Waals surface area contributed by atoms with Crippen LogP contribution in [0.4, 0.5) is 0 Å². The molecule has 0 bridgehead atoms. The van der Waals surface area contributed by atoms with Crippen LogP contribution in [0, 0.1) is 6.92 Å². The average molecular weight is 298 g/mol. The van der Waals surface area contributed by atoms with Gasteiger partial charge in [0.15, 0.2) is 0 Å². The van der Waals surface area contributed by atoms with E-state index in [9.17, 15) is 8.42 Å². The number of furan rings is 1. The second-order valence-corrected chi connectivity index (χ2v) is 6.23. The maximum Gasteiger partial charge on any atom is 0.273 e. The minimum atomic E-state index is -3.52. The summed E-state index contributed by atoms with van der Waals surface area (Å²) in [6, 6.07) is 3.09. The highest BCUT2D eigenvalue weighted by atomic mass is 32.2. The van der Waals surface area contributed by atoms with Gasteiger partial charge in [0, 0.05) is 24.8 Å². The Morgan fingerprint density at radius 1 is 1.35 bits per heavy atom. The lowest BCUT2D eigenvalue weighted by Crippen LogP contribution is -2.17. The molecule has 2 aromatic rings. The monoisotopic (exact) mass is 298 g/mol. The molecule has 2 rings (SSSR count). The molecule has 0 unspecified atom stereocenters. The van der Waals surface area contributed by atoms with Crippen molar-refractivity contribution >= 4 is 10.0 Å². The number of aryl methyl sites for hydroxylation is 1. The van der Waals surface area contributed by atoms with Crippen LogP contribution in [-0.2, 0) is 30.2 Å². The summed E-state index contributed by atoms with van der Waals surface area (Å²) in [6.07, 6.45) is 1.81. The van der Waals surface area contributed by atoms with E-state index in [4.69, 9.17) is 4.42 Å². The van der Waals surface area contributed by atoms with Gasteiger partial charge in [0.05, 0.1) is 12.7 Å². The Bertz CT molecular complexity index is 687. The van der Waals surface area contributed by atoms with Crippen LogP contribution in [-0.4, -0.2) is 25.2 Å². The van der Waals surface area contributed by atoms with Gasteiger partial charge in [-0.2, -0.15) is 5.10 Å². The highest BCUT2D eigenvalue weighted by Crippen LogP contribution is 2.13. The SMILES string of the molecule is CNS(=O)(=O)c1ccc(CNCc2cnn(C)c2C)o1. The molecule has 0 fully saturated rings. The first-order valence-electron chi connectivity index (χ1n) is 6.14. The van der Waals surface area contributed by atoms with E-state index in [1.165, 1.54) is 13.1 Å². The smallest absolute Gasteiger partial charge is 0.273 e. The molecule has 0 aromatic carbocycles. The normalized spacial score (nSPS) is 11.9. The fraction of sp³-hybridized carbons (Fsp3) is 0.417. The third kappa shape index (κ3) is 3.09. The summed E-state index contributed by atoms with van der Waals surface area (Å²) in [5.41, 5.74) is 2.19. The van der Waals surface area contributed by atoms with E-state index in [1.807, 2.05) is 18.7 Å². The third-order valence-electron chi connectivity index (χ3n) is 3.12. The van der Waals surface area contributed by atoms with Gasteiger partial charge in [-0.15, -0.1) is 0 Å². The Morgan fingerprint density at radius 3 is 2.70 bits per heavy atom. The quantitative estimate of drug-likeness (QED) is 0.811. The summed E-state index contributed by atoms with van der Waals surface area (Å²) in [6.45, 7) is 3.09. The first-order chi connectivity index (χ1) is 9.44. The summed E-state index contributed by atoms with van der Waals surface area (Å²) in [4.78, 5) is 0. The van der Waals surface area contributed by atoms with Crippen LogP contribution < -0.4 is 10.0 Å². The van der Waals surface area contributed by atoms with E-state index in [0.717, 1.165) is 11.3 Å². The minimum absolute atomic E-state index is 0.0747. The number of rotatable bonds is 6. The van der Waals surface area contributed by atoms with Gasteiger partial charge in [-0.25, -0.2) is 13.1 Å². The molecule has 0 saturated carbocycles. The summed E-state index contributed by atoms with van der Waals surface area (Å²) in [5, 5.41) is 7.27. The van der Waals surface area contributed by atoms with Crippen LogP contribution in [0.5, 0.6) is 0 Å². The van der Waals surface area contributed by atoms with Crippen LogP contribution in [0.15, 0.2) is 27.8 Å². The molecule has 2 aromatic heterocycles. The molecule has 0 saturated heterocycles. The molecule has 0 aliphatic rings. The molecule has 7 nitrogen and oxygen atoms in total. The third-order valence-corrected chi connectivity index (χ3v) is 4.41. The van der Waals surface area contributed by atoms with Crippen molar-refractivity contribution in [2.24, 2.45) is 7.05 Å². The average Bonchev–Trinajstić information content (AvgIpc) is 3.01. The molecule has 110 valence electrons. The number of hydrogen-bond donors (Lipinski definition) is 2. The number of sulfonamides is 1. The molecule has 0 aliphatic heterocycles. The summed E-state index contributed by atoms with van der Waals surface area (Å²) in [5.74, 6) is 0.570. The zero-order valence-corrected chi connectivity index (χ0v) is 12.5. The van der Waals surface area contributed by atoms with Gasteiger partial charge in [-0.05, 0) is 26.1 Å². The number of nitrogens with zero attached hydrogens (tertiary/aromatic N) is 2. The lowest BCUT2D eigenvalue weighted by molar-refractivity contribution is 0.400. The van der Waals surface area contributed by atoms with Crippen molar-refractivity contribution < 1.29 is 12.8 Å². The molecule has 0 spiro atoms. The van der Waals surface area contributed by atoms with E-state index in [2.05, 4.69) is 15.1 Å². The van der Waals surface area contributed by atoms with Gasteiger partial charge in [-0.1, -0.05) is 0 Å². The zero-order chi connectivity index (χ0) is 14.8. The number of aromatic nitrogens is 2. The lowest BCUT2D eigenvalue weighted by atomic mass is 10.2. The van der Waals surface area contributed by atoms with Crippen molar-refractivity contribution in [1.82, 2.24) is 19.8 Å². The first-order valence-corrected chi connectivity index (χ1v) is 7.63. The lowest BCUT2D eigenvalue weighted by Gasteiger charge is -2.02. The molecule has 8 heteroatoms. The molecule has 2 N–H and O–H groups in total. The number of nitrogens with one attached hydrogen (secondary N) is 2. The molecule has 0 amide bonds. The zero-order valence-electron chi connectivity index (χ0n) is 11.7. The maximum absolute atomic E-state index is 11.5. The van der Waals surface area contributed by atoms with Gasteiger partial charge in [0.1, 0.15) is 5.76 Å². The van der Waals surface area contributed by atoms with E-state index in [0.29, 0.717) is 18.8 Å². The molecule has 0 atom stereocenters. The molecular weight excluding hydrogens is 280 g/mol. The Morgan fingerprint density at radius 2 is 2.10 bits per heavy atom. The van der Waals surface area contributed by atoms with E-state index >= 15 is 0 Å². The number of hydrogen-bond acceptors (Lipinski definition) is 5. The highest BCUT2D eigenvalue weighted by Gasteiger charge is 2.16. The van der Waals surface area contributed by atoms with Crippen molar-refractivity contribution in [3.8, 4) is 0 Å². The van der Waals surface area contributed by atoms with E-state index < -0.39 is 10.0 Å². The largest absolute Gasteiger partial charge is 0.447 e. The molecule has 2 heterocycles. The van der Waals surface area contributed by atoms with E-state index in [1.54, 1.807) is 12.3 Å². The molecular formula is C12H18N4O3S. The predicted molar refractivity (Wildman–Crippen MR) is 73.4 cm³/mol. The second-order valence-electron chi connectivity index (χ2n) is 4.41. The first kappa shape index (κ1) is 14.8. The fourth-order valence-corrected chi connectivity index (χ4v) is 2.40. The van der Waals surface area contributed by atoms with Crippen molar-refractivity contribution in [2.75, 3.05) is 7.05 Å². The van der Waals surface area contributed by atoms with E-state index in [-0.39, 0.29) is 5.09 Å². The topological polar surface area (TPSA) is 89.2 Å². The van der Waals surface area contributed by atoms with Crippen molar-refractivity contribution in [3.05, 3.63) is 35.3 Å². The second kappa shape index (κ2) is 5.78. The maximum atomic E-state index is 11.5. The predicted octanol–water partition coefficient (Wildman–Crippen LogP) is 0.519. The van der Waals surface area contributed by atoms with Gasteiger partial charge in [-0.3, -0.25) is 4.68 Å². The van der Waals surface area contributed by atoms with Crippen LogP contribution in [0.1, 0.15) is 17.0 Å². The molecule has 0 radical (unpaired) electrons. The minimum Gasteiger partial charge on any atom is -0.447 e. The summed E-state index contributed by atoms with van der Waals surface area (Å²) >= 11 is 0. The Labute approximate surface area is 118 Å². The van der Waals surface area contributed by atoms with Gasteiger partial charge < -0.3 is 9.73 Å². The van der Waals surface area contributed by atoms with Gasteiger partial charge in [0.25, 0.3) is 10.0 Å². The summed E-state index contributed by atoms with van der Waals surface area (Å²) in [7, 11) is -0.278. The van der Waals surface area contributed by atoms with Gasteiger partial charge in [0.2, 0.25) is 5.09 Å². The van der Waals surface area contributed by atoms with Crippen molar-refractivity contribution in [1.29, 1.82) is 0 Å². The Balaban J connectivity index is 1.94. The standard InChI is InChI=1S/C12H18N4O3S/c1-9-10(7-15-16(9)3)6-14-8-11-4-5-12(19-11)20(17,18)13-2/h4-5,7,13-14H,6,8H2,1-3H3. The van der Waals surface area contributed by atoms with Crippen molar-refractivity contribution in [3.63, 3.8) is 0 Å².